The maximum absolute atomic E-state index is 13.3. The fourth-order valence-corrected chi connectivity index (χ4v) is 4.94. The SMILES string of the molecule is COc1cc([C@H]2C3=C(C[C@H](c4ccccc4)CC3=O)N=C(C)C2C#N)cc(Br)c1O. The van der Waals surface area contributed by atoms with E-state index in [1.54, 1.807) is 12.1 Å². The second-order valence-corrected chi connectivity index (χ2v) is 8.54. The van der Waals surface area contributed by atoms with Crippen LogP contribution in [0.5, 0.6) is 11.5 Å². The van der Waals surface area contributed by atoms with Crippen molar-refractivity contribution in [2.45, 2.75) is 31.6 Å². The van der Waals surface area contributed by atoms with E-state index in [-0.39, 0.29) is 17.5 Å². The lowest BCUT2D eigenvalue weighted by atomic mass is 9.69. The minimum absolute atomic E-state index is 0.00993. The number of carbonyl (C=O) groups is 1. The average molecular weight is 465 g/mol. The van der Waals surface area contributed by atoms with Crippen LogP contribution in [0.25, 0.3) is 0 Å². The van der Waals surface area contributed by atoms with Crippen LogP contribution < -0.4 is 4.74 Å². The molecule has 0 bridgehead atoms. The van der Waals surface area contributed by atoms with Gasteiger partial charge < -0.3 is 9.84 Å². The fourth-order valence-electron chi connectivity index (χ4n) is 4.48. The number of phenolic OH excluding ortho intramolecular Hbond substituents is 1. The van der Waals surface area contributed by atoms with Crippen LogP contribution in [0, 0.1) is 17.2 Å². The van der Waals surface area contributed by atoms with Crippen molar-refractivity contribution in [1.29, 1.82) is 5.26 Å². The minimum Gasteiger partial charge on any atom is -0.503 e. The van der Waals surface area contributed by atoms with Crippen LogP contribution in [-0.2, 0) is 4.79 Å². The van der Waals surface area contributed by atoms with Gasteiger partial charge in [-0.15, -0.1) is 0 Å². The van der Waals surface area contributed by atoms with Gasteiger partial charge in [0.15, 0.2) is 17.3 Å². The van der Waals surface area contributed by atoms with Crippen molar-refractivity contribution in [2.24, 2.45) is 10.9 Å². The molecule has 1 N–H and O–H groups in total. The lowest BCUT2D eigenvalue weighted by Crippen LogP contribution is -2.32. The molecule has 2 aliphatic rings. The van der Waals surface area contributed by atoms with Crippen LogP contribution in [0.4, 0.5) is 0 Å². The third-order valence-electron chi connectivity index (χ3n) is 5.93. The van der Waals surface area contributed by atoms with Gasteiger partial charge in [0.25, 0.3) is 0 Å². The van der Waals surface area contributed by atoms with Crippen LogP contribution in [0.1, 0.15) is 42.7 Å². The zero-order chi connectivity index (χ0) is 21.4. The molecule has 0 radical (unpaired) electrons. The minimum atomic E-state index is -0.554. The third kappa shape index (κ3) is 3.44. The van der Waals surface area contributed by atoms with Gasteiger partial charge >= 0.3 is 0 Å². The summed E-state index contributed by atoms with van der Waals surface area (Å²) in [6.45, 7) is 1.84. The highest BCUT2D eigenvalue weighted by molar-refractivity contribution is 9.10. The van der Waals surface area contributed by atoms with Crippen molar-refractivity contribution < 1.29 is 14.6 Å². The smallest absolute Gasteiger partial charge is 0.172 e. The Labute approximate surface area is 183 Å². The van der Waals surface area contributed by atoms with E-state index in [2.05, 4.69) is 22.0 Å². The number of rotatable bonds is 3. The molecule has 1 aliphatic carbocycles. The molecule has 0 saturated heterocycles. The molecule has 0 spiro atoms. The summed E-state index contributed by atoms with van der Waals surface area (Å²) in [5.41, 5.74) is 3.94. The summed E-state index contributed by atoms with van der Waals surface area (Å²) < 4.78 is 5.76. The number of nitriles is 1. The van der Waals surface area contributed by atoms with Crippen LogP contribution in [0.3, 0.4) is 0 Å². The topological polar surface area (TPSA) is 82.7 Å². The predicted octanol–water partition coefficient (Wildman–Crippen LogP) is 5.26. The number of hydrogen-bond donors (Lipinski definition) is 1. The van der Waals surface area contributed by atoms with Gasteiger partial charge in [-0.25, -0.2) is 0 Å². The fraction of sp³-hybridized carbons (Fsp3) is 0.292. The normalized spacial score (nSPS) is 23.5. The highest BCUT2D eigenvalue weighted by Crippen LogP contribution is 2.48. The van der Waals surface area contributed by atoms with Crippen molar-refractivity contribution in [3.8, 4) is 17.6 Å². The van der Waals surface area contributed by atoms with Crippen molar-refractivity contribution in [2.75, 3.05) is 7.11 Å². The number of phenols is 1. The number of ether oxygens (including phenoxy) is 1. The molecule has 152 valence electrons. The molecule has 2 aromatic carbocycles. The number of nitrogens with zero attached hydrogens (tertiary/aromatic N) is 2. The summed E-state index contributed by atoms with van der Waals surface area (Å²) in [7, 11) is 1.47. The van der Waals surface area contributed by atoms with E-state index in [0.717, 1.165) is 16.8 Å². The van der Waals surface area contributed by atoms with Gasteiger partial charge in [-0.1, -0.05) is 30.3 Å². The summed E-state index contributed by atoms with van der Waals surface area (Å²) in [5, 5.41) is 20.1. The molecule has 4 rings (SSSR count). The van der Waals surface area contributed by atoms with Gasteiger partial charge in [0.1, 0.15) is 0 Å². The zero-order valence-electron chi connectivity index (χ0n) is 16.7. The number of carbonyl (C=O) groups excluding carboxylic acids is 1. The molecule has 6 heteroatoms. The van der Waals surface area contributed by atoms with Crippen LogP contribution in [0.2, 0.25) is 0 Å². The Bertz CT molecular complexity index is 1120. The Hall–Kier alpha value is -2.91. The van der Waals surface area contributed by atoms with Crippen LogP contribution in [-0.4, -0.2) is 23.7 Å². The van der Waals surface area contributed by atoms with Gasteiger partial charge in [0, 0.05) is 29.3 Å². The van der Waals surface area contributed by atoms with Crippen molar-refractivity contribution in [3.63, 3.8) is 0 Å². The molecule has 0 fully saturated rings. The maximum atomic E-state index is 13.3. The van der Waals surface area contributed by atoms with Gasteiger partial charge in [-0.3, -0.25) is 9.79 Å². The lowest BCUT2D eigenvalue weighted by Gasteiger charge is -2.35. The molecule has 3 atom stereocenters. The molecule has 5 nitrogen and oxygen atoms in total. The Morgan fingerprint density at radius 2 is 1.93 bits per heavy atom. The average Bonchev–Trinajstić information content (AvgIpc) is 2.75. The first kappa shape index (κ1) is 20.4. The summed E-state index contributed by atoms with van der Waals surface area (Å²) in [6.07, 6.45) is 1.05. The molecular formula is C24H21BrN2O3. The zero-order valence-corrected chi connectivity index (χ0v) is 18.3. The number of hydrogen-bond acceptors (Lipinski definition) is 5. The maximum Gasteiger partial charge on any atom is 0.172 e. The van der Waals surface area contributed by atoms with Gasteiger partial charge in [-0.05, 0) is 58.5 Å². The Kier molecular flexibility index (Phi) is 5.48. The molecule has 0 amide bonds. The van der Waals surface area contributed by atoms with Gasteiger partial charge in [0.2, 0.25) is 0 Å². The monoisotopic (exact) mass is 464 g/mol. The molecule has 1 heterocycles. The number of benzene rings is 2. The Balaban J connectivity index is 1.84. The summed E-state index contributed by atoms with van der Waals surface area (Å²) in [4.78, 5) is 18.0. The van der Waals surface area contributed by atoms with E-state index in [1.165, 1.54) is 7.11 Å². The van der Waals surface area contributed by atoms with E-state index in [1.807, 2.05) is 37.3 Å². The third-order valence-corrected chi connectivity index (χ3v) is 6.53. The second-order valence-electron chi connectivity index (χ2n) is 7.69. The van der Waals surface area contributed by atoms with Crippen molar-refractivity contribution in [1.82, 2.24) is 0 Å². The highest BCUT2D eigenvalue weighted by Gasteiger charge is 2.41. The summed E-state index contributed by atoms with van der Waals surface area (Å²) in [5.74, 6) is -0.614. The molecule has 0 saturated carbocycles. The number of halogens is 1. The predicted molar refractivity (Wildman–Crippen MR) is 118 cm³/mol. The second kappa shape index (κ2) is 8.08. The first-order valence-electron chi connectivity index (χ1n) is 9.77. The van der Waals surface area contributed by atoms with Crippen molar-refractivity contribution >= 4 is 27.4 Å². The first-order chi connectivity index (χ1) is 14.4. The number of Topliss-reactive ketones (excluding diaryl/α,β-unsaturated/α-hetero) is 1. The number of aliphatic imine (C=N–C) groups is 1. The number of methoxy groups -OCH3 is 1. The Morgan fingerprint density at radius 1 is 1.20 bits per heavy atom. The number of aromatic hydroxyl groups is 1. The van der Waals surface area contributed by atoms with E-state index < -0.39 is 11.8 Å². The first-order valence-corrected chi connectivity index (χ1v) is 10.6. The standard InChI is InChI=1S/C24H21BrN2O3/c1-13-17(12-26)22(16-8-18(25)24(29)21(11-16)30-2)23-19(27-13)9-15(10-20(23)28)14-6-4-3-5-7-14/h3-8,11,15,17,22,29H,9-10H2,1-2H3/t15-,17?,22+/m0/s1. The summed E-state index contributed by atoms with van der Waals surface area (Å²) >= 11 is 3.36. The molecule has 1 unspecified atom stereocenters. The largest absolute Gasteiger partial charge is 0.503 e. The molecule has 2 aromatic rings. The molecule has 1 aliphatic heterocycles. The van der Waals surface area contributed by atoms with Crippen molar-refractivity contribution in [3.05, 3.63) is 69.3 Å². The Morgan fingerprint density at radius 3 is 2.60 bits per heavy atom. The van der Waals surface area contributed by atoms with E-state index >= 15 is 0 Å². The molecular weight excluding hydrogens is 444 g/mol. The van der Waals surface area contributed by atoms with E-state index in [4.69, 9.17) is 9.73 Å². The molecule has 30 heavy (non-hydrogen) atoms. The van der Waals surface area contributed by atoms with Crippen LogP contribution >= 0.6 is 15.9 Å². The summed E-state index contributed by atoms with van der Waals surface area (Å²) in [6, 6.07) is 15.8. The van der Waals surface area contributed by atoms with E-state index in [0.29, 0.717) is 34.3 Å². The quantitative estimate of drug-likeness (QED) is 0.670. The highest BCUT2D eigenvalue weighted by atomic mass is 79.9. The number of ketones is 1. The lowest BCUT2D eigenvalue weighted by molar-refractivity contribution is -0.116. The van der Waals surface area contributed by atoms with Gasteiger partial charge in [-0.2, -0.15) is 5.26 Å². The molecule has 0 aromatic heterocycles. The van der Waals surface area contributed by atoms with Gasteiger partial charge in [0.05, 0.1) is 23.6 Å². The van der Waals surface area contributed by atoms with E-state index in [9.17, 15) is 15.2 Å². The number of allylic oxidation sites excluding steroid dienone is 2. The van der Waals surface area contributed by atoms with Crippen LogP contribution in [0.15, 0.2) is 63.2 Å².